The molecule has 0 bridgehead atoms. The summed E-state index contributed by atoms with van der Waals surface area (Å²) in [5, 5.41) is 0. The fraction of sp³-hybridized carbons (Fsp3) is 0.900. The van der Waals surface area contributed by atoms with Gasteiger partial charge in [0.25, 0.3) is 0 Å². The Balaban J connectivity index is 2.21. The van der Waals surface area contributed by atoms with E-state index in [0.29, 0.717) is 0 Å². The van der Waals surface area contributed by atoms with Gasteiger partial charge >= 0.3 is 0 Å². The third kappa shape index (κ3) is 8.16. The van der Waals surface area contributed by atoms with Gasteiger partial charge in [0.05, 0.1) is 0 Å². The Morgan fingerprint density at radius 2 is 1.36 bits per heavy atom. The Kier molecular flexibility index (Phi) is 9.76. The molecule has 1 aliphatic rings. The summed E-state index contributed by atoms with van der Waals surface area (Å²) in [6, 6.07) is 0. The van der Waals surface area contributed by atoms with E-state index in [2.05, 4.69) is 12.8 Å². The van der Waals surface area contributed by atoms with Crippen LogP contribution in [-0.2, 0) is 0 Å². The van der Waals surface area contributed by atoms with Gasteiger partial charge in [-0.3, -0.25) is 0 Å². The molecule has 0 amide bonds. The van der Waals surface area contributed by atoms with Crippen LogP contribution in [-0.4, -0.2) is 5.92 Å². The van der Waals surface area contributed by atoms with Gasteiger partial charge in [-0.05, 0) is 31.1 Å². The molecular weight excluding hydrogens is 278 g/mol. The Hall–Kier alpha value is -0.580. The average molecular weight is 312 g/mol. The maximum absolute atomic E-state index is 13.7. The van der Waals surface area contributed by atoms with Gasteiger partial charge in [0.15, 0.2) is 0 Å². The predicted molar refractivity (Wildman–Crippen MR) is 91.1 cm³/mol. The maximum atomic E-state index is 13.7. The zero-order chi connectivity index (χ0) is 16.3. The molecule has 1 rings (SSSR count). The van der Waals surface area contributed by atoms with E-state index in [1.54, 1.807) is 0 Å². The molecule has 0 radical (unpaired) electrons. The summed E-state index contributed by atoms with van der Waals surface area (Å²) in [6.45, 7) is 2.22. The summed E-state index contributed by atoms with van der Waals surface area (Å²) in [7, 11) is 0. The second-order valence-corrected chi connectivity index (χ2v) is 7.14. The fourth-order valence-electron chi connectivity index (χ4n) is 3.86. The monoisotopic (exact) mass is 312 g/mol. The molecule has 0 aromatic heterocycles. The number of unbranched alkanes of at least 4 members (excludes halogenated alkanes) is 8. The standard InChI is InChI=1S/C20H34F2/c1-3-5-7-9-11-13-15-19-17-20(21,22)16-18(19)14-12-10-8-6-4-2/h2,18-19H,3,5-17H2,1H3/t18-,19-/m0/s1. The number of rotatable bonds is 12. The van der Waals surface area contributed by atoms with Crippen molar-refractivity contribution < 1.29 is 8.78 Å². The quantitative estimate of drug-likeness (QED) is 0.269. The maximum Gasteiger partial charge on any atom is 0.248 e. The lowest BCUT2D eigenvalue weighted by atomic mass is 9.87. The lowest BCUT2D eigenvalue weighted by Gasteiger charge is -2.18. The van der Waals surface area contributed by atoms with Crippen molar-refractivity contribution in [3.05, 3.63) is 0 Å². The SMILES string of the molecule is C#CCCCCC[C@H]1CC(F)(F)C[C@@H]1CCCCCCCC. The first-order valence-electron chi connectivity index (χ1n) is 9.40. The first-order chi connectivity index (χ1) is 10.6. The van der Waals surface area contributed by atoms with Crippen LogP contribution in [0.3, 0.4) is 0 Å². The van der Waals surface area contributed by atoms with E-state index in [-0.39, 0.29) is 24.7 Å². The van der Waals surface area contributed by atoms with E-state index >= 15 is 0 Å². The Morgan fingerprint density at radius 3 is 1.91 bits per heavy atom. The minimum absolute atomic E-state index is 0.128. The minimum atomic E-state index is -2.41. The van der Waals surface area contributed by atoms with Crippen LogP contribution in [0.4, 0.5) is 8.78 Å². The van der Waals surface area contributed by atoms with Crippen molar-refractivity contribution in [1.82, 2.24) is 0 Å². The zero-order valence-electron chi connectivity index (χ0n) is 14.4. The van der Waals surface area contributed by atoms with Gasteiger partial charge in [0.2, 0.25) is 5.92 Å². The molecule has 0 N–H and O–H groups in total. The highest BCUT2D eigenvalue weighted by molar-refractivity contribution is 4.88. The average Bonchev–Trinajstić information content (AvgIpc) is 2.77. The largest absolute Gasteiger partial charge is 0.248 e. The number of halogens is 2. The summed E-state index contributed by atoms with van der Waals surface area (Å²) in [4.78, 5) is 0. The molecule has 0 spiro atoms. The van der Waals surface area contributed by atoms with Crippen molar-refractivity contribution in [2.24, 2.45) is 11.8 Å². The highest BCUT2D eigenvalue weighted by Gasteiger charge is 2.45. The van der Waals surface area contributed by atoms with Crippen molar-refractivity contribution in [3.8, 4) is 12.3 Å². The van der Waals surface area contributed by atoms with Crippen molar-refractivity contribution in [2.75, 3.05) is 0 Å². The number of alkyl halides is 2. The van der Waals surface area contributed by atoms with Crippen molar-refractivity contribution in [2.45, 2.75) is 103 Å². The second-order valence-electron chi connectivity index (χ2n) is 7.14. The van der Waals surface area contributed by atoms with Crippen LogP contribution in [0.5, 0.6) is 0 Å². The number of hydrogen-bond donors (Lipinski definition) is 0. The van der Waals surface area contributed by atoms with Gasteiger partial charge < -0.3 is 0 Å². The molecule has 2 atom stereocenters. The smallest absolute Gasteiger partial charge is 0.207 e. The van der Waals surface area contributed by atoms with Crippen LogP contribution in [0.15, 0.2) is 0 Å². The molecule has 1 fully saturated rings. The van der Waals surface area contributed by atoms with Gasteiger partial charge in [-0.1, -0.05) is 58.3 Å². The first-order valence-corrected chi connectivity index (χ1v) is 9.40. The Bertz CT molecular complexity index is 316. The van der Waals surface area contributed by atoms with E-state index in [0.717, 1.165) is 44.9 Å². The van der Waals surface area contributed by atoms with Gasteiger partial charge in [-0.15, -0.1) is 12.3 Å². The molecule has 0 aromatic rings. The number of terminal acetylenes is 1. The summed E-state index contributed by atoms with van der Waals surface area (Å²) < 4.78 is 27.4. The fourth-order valence-corrected chi connectivity index (χ4v) is 3.86. The van der Waals surface area contributed by atoms with Gasteiger partial charge in [-0.25, -0.2) is 8.78 Å². The molecule has 0 aliphatic heterocycles. The van der Waals surface area contributed by atoms with Crippen LogP contribution in [0.2, 0.25) is 0 Å². The topological polar surface area (TPSA) is 0 Å². The molecular formula is C20H34F2. The Morgan fingerprint density at radius 1 is 0.864 bits per heavy atom. The molecule has 0 nitrogen and oxygen atoms in total. The minimum Gasteiger partial charge on any atom is -0.207 e. The third-order valence-electron chi connectivity index (χ3n) is 5.11. The lowest BCUT2D eigenvalue weighted by molar-refractivity contribution is 0.00189. The molecule has 0 aromatic carbocycles. The summed E-state index contributed by atoms with van der Waals surface area (Å²) in [5.74, 6) is 0.745. The van der Waals surface area contributed by atoms with Gasteiger partial charge in [0, 0.05) is 19.3 Å². The van der Waals surface area contributed by atoms with Crippen molar-refractivity contribution in [3.63, 3.8) is 0 Å². The van der Waals surface area contributed by atoms with E-state index in [4.69, 9.17) is 6.42 Å². The van der Waals surface area contributed by atoms with Gasteiger partial charge in [-0.2, -0.15) is 0 Å². The molecule has 128 valence electrons. The third-order valence-corrected chi connectivity index (χ3v) is 5.11. The molecule has 22 heavy (non-hydrogen) atoms. The molecule has 1 saturated carbocycles. The van der Waals surface area contributed by atoms with Gasteiger partial charge in [0.1, 0.15) is 0 Å². The van der Waals surface area contributed by atoms with Crippen molar-refractivity contribution in [1.29, 1.82) is 0 Å². The molecule has 0 unspecified atom stereocenters. The molecule has 0 heterocycles. The summed E-state index contributed by atoms with van der Waals surface area (Å²) in [6.07, 6.45) is 19.0. The van der Waals surface area contributed by atoms with E-state index in [1.807, 2.05) is 0 Å². The van der Waals surface area contributed by atoms with Crippen LogP contribution in [0.25, 0.3) is 0 Å². The zero-order valence-corrected chi connectivity index (χ0v) is 14.4. The molecule has 0 saturated heterocycles. The number of hydrogen-bond acceptors (Lipinski definition) is 0. The Labute approximate surface area is 136 Å². The predicted octanol–water partition coefficient (Wildman–Crippen LogP) is 6.98. The highest BCUT2D eigenvalue weighted by atomic mass is 19.3. The van der Waals surface area contributed by atoms with E-state index in [1.165, 1.54) is 32.1 Å². The van der Waals surface area contributed by atoms with Crippen molar-refractivity contribution >= 4 is 0 Å². The highest BCUT2D eigenvalue weighted by Crippen LogP contribution is 2.47. The molecule has 2 heteroatoms. The van der Waals surface area contributed by atoms with Crippen LogP contribution >= 0.6 is 0 Å². The van der Waals surface area contributed by atoms with E-state index in [9.17, 15) is 8.78 Å². The lowest BCUT2D eigenvalue weighted by Crippen LogP contribution is -2.09. The van der Waals surface area contributed by atoms with Crippen LogP contribution in [0, 0.1) is 24.2 Å². The summed E-state index contributed by atoms with van der Waals surface area (Å²) in [5.41, 5.74) is 0. The summed E-state index contributed by atoms with van der Waals surface area (Å²) >= 11 is 0. The second kappa shape index (κ2) is 11.0. The normalized spacial score (nSPS) is 23.5. The van der Waals surface area contributed by atoms with Crippen LogP contribution in [0.1, 0.15) is 96.8 Å². The molecule has 1 aliphatic carbocycles. The van der Waals surface area contributed by atoms with Crippen LogP contribution < -0.4 is 0 Å². The first kappa shape index (κ1) is 19.5. The van der Waals surface area contributed by atoms with E-state index < -0.39 is 5.92 Å².